The number of hydrogen-bond acceptors (Lipinski definition) is 4. The van der Waals surface area contributed by atoms with Crippen LogP contribution in [0.5, 0.6) is 17.2 Å². The molecule has 0 aliphatic rings. The second-order valence-corrected chi connectivity index (χ2v) is 2.67. The Morgan fingerprint density at radius 1 is 1.23 bits per heavy atom. The zero-order valence-corrected chi connectivity index (χ0v) is 6.74. The first-order chi connectivity index (χ1) is 6.06. The molecule has 5 N–H and O–H groups in total. The fourth-order valence-electron chi connectivity index (χ4n) is 0.929. The summed E-state index contributed by atoms with van der Waals surface area (Å²) in [5, 5.41) is 27.0. The Hall–Kier alpha value is -1.49. The number of phenolic OH excluding ortho intramolecular Hbond substituents is 3. The molecule has 5 heteroatoms. The number of nitrogens with two attached hydrogens (primary N) is 1. The Morgan fingerprint density at radius 3 is 2.08 bits per heavy atom. The molecule has 0 radical (unpaired) electrons. The van der Waals surface area contributed by atoms with Crippen LogP contribution in [-0.4, -0.2) is 22.0 Å². The van der Waals surface area contributed by atoms with Crippen LogP contribution in [-0.2, 0) is 0 Å². The summed E-state index contributed by atoms with van der Waals surface area (Å²) < 4.78 is 12.1. The van der Waals surface area contributed by atoms with E-state index in [0.717, 1.165) is 12.1 Å². The molecular formula is C8H10FNO3. The van der Waals surface area contributed by atoms with E-state index >= 15 is 0 Å². The van der Waals surface area contributed by atoms with E-state index in [1.807, 2.05) is 0 Å². The van der Waals surface area contributed by atoms with Crippen molar-refractivity contribution >= 4 is 0 Å². The van der Waals surface area contributed by atoms with E-state index in [-0.39, 0.29) is 5.56 Å². The van der Waals surface area contributed by atoms with Crippen LogP contribution in [0.25, 0.3) is 0 Å². The zero-order chi connectivity index (χ0) is 10.0. The van der Waals surface area contributed by atoms with Crippen LogP contribution in [0.3, 0.4) is 0 Å². The molecule has 0 aromatic heterocycles. The molecule has 1 atom stereocenters. The summed E-state index contributed by atoms with van der Waals surface area (Å²) in [7, 11) is 0. The van der Waals surface area contributed by atoms with Gasteiger partial charge in [0.05, 0.1) is 6.04 Å². The second-order valence-electron chi connectivity index (χ2n) is 2.67. The molecule has 0 unspecified atom stereocenters. The van der Waals surface area contributed by atoms with E-state index in [0.29, 0.717) is 0 Å². The average molecular weight is 187 g/mol. The van der Waals surface area contributed by atoms with Crippen LogP contribution in [0.1, 0.15) is 11.6 Å². The first-order valence-corrected chi connectivity index (χ1v) is 3.62. The first kappa shape index (κ1) is 9.60. The molecule has 0 spiro atoms. The highest BCUT2D eigenvalue weighted by molar-refractivity contribution is 5.51. The van der Waals surface area contributed by atoms with Gasteiger partial charge in [-0.15, -0.1) is 0 Å². The molecule has 0 saturated carbocycles. The lowest BCUT2D eigenvalue weighted by molar-refractivity contribution is 0.364. The third kappa shape index (κ3) is 1.81. The molecule has 72 valence electrons. The minimum atomic E-state index is -0.905. The predicted molar refractivity (Wildman–Crippen MR) is 44.3 cm³/mol. The minimum absolute atomic E-state index is 0.232. The largest absolute Gasteiger partial charge is 0.504 e. The van der Waals surface area contributed by atoms with Gasteiger partial charge in [0.1, 0.15) is 6.67 Å². The van der Waals surface area contributed by atoms with Crippen molar-refractivity contribution in [2.45, 2.75) is 6.04 Å². The van der Waals surface area contributed by atoms with Crippen molar-refractivity contribution in [2.75, 3.05) is 6.67 Å². The molecule has 0 aliphatic carbocycles. The van der Waals surface area contributed by atoms with Gasteiger partial charge in [-0.3, -0.25) is 0 Å². The van der Waals surface area contributed by atoms with Gasteiger partial charge in [0.2, 0.25) is 0 Å². The van der Waals surface area contributed by atoms with Gasteiger partial charge in [-0.2, -0.15) is 0 Å². The Kier molecular flexibility index (Phi) is 2.57. The summed E-state index contributed by atoms with van der Waals surface area (Å²) in [6, 6.07) is 1.32. The molecule has 0 fully saturated rings. The number of rotatable bonds is 2. The number of phenols is 3. The number of halogens is 1. The van der Waals surface area contributed by atoms with Crippen LogP contribution in [0.4, 0.5) is 4.39 Å². The molecule has 1 aromatic carbocycles. The fourth-order valence-corrected chi connectivity index (χ4v) is 0.929. The summed E-state index contributed by atoms with van der Waals surface area (Å²) in [5.41, 5.74) is 5.54. The Balaban J connectivity index is 3.13. The normalized spacial score (nSPS) is 12.8. The van der Waals surface area contributed by atoms with Gasteiger partial charge < -0.3 is 21.1 Å². The smallest absolute Gasteiger partial charge is 0.200 e. The maximum absolute atomic E-state index is 12.1. The third-order valence-electron chi connectivity index (χ3n) is 1.69. The predicted octanol–water partition coefficient (Wildman–Crippen LogP) is 0.773. The molecule has 0 amide bonds. The summed E-state index contributed by atoms with van der Waals surface area (Å²) in [5.74, 6) is -1.66. The number of benzene rings is 1. The lowest BCUT2D eigenvalue weighted by Crippen LogP contribution is -2.11. The minimum Gasteiger partial charge on any atom is -0.504 e. The summed E-state index contributed by atoms with van der Waals surface area (Å²) >= 11 is 0. The van der Waals surface area contributed by atoms with E-state index < -0.39 is 30.0 Å². The average Bonchev–Trinajstić information content (AvgIpc) is 2.12. The first-order valence-electron chi connectivity index (χ1n) is 3.62. The van der Waals surface area contributed by atoms with Crippen molar-refractivity contribution in [2.24, 2.45) is 5.73 Å². The van der Waals surface area contributed by atoms with Gasteiger partial charge in [-0.25, -0.2) is 4.39 Å². The van der Waals surface area contributed by atoms with Gasteiger partial charge in [0, 0.05) is 0 Å². The van der Waals surface area contributed by atoms with Crippen LogP contribution in [0, 0.1) is 0 Å². The summed E-state index contributed by atoms with van der Waals surface area (Å²) in [4.78, 5) is 0. The van der Waals surface area contributed by atoms with Crippen molar-refractivity contribution in [3.05, 3.63) is 17.7 Å². The van der Waals surface area contributed by atoms with E-state index in [1.54, 1.807) is 0 Å². The number of alkyl halides is 1. The highest BCUT2D eigenvalue weighted by Gasteiger charge is 2.12. The third-order valence-corrected chi connectivity index (χ3v) is 1.69. The maximum Gasteiger partial charge on any atom is 0.200 e. The molecule has 13 heavy (non-hydrogen) atoms. The standard InChI is InChI=1S/C8H10FNO3/c9-3-5(10)4-1-6(11)8(13)7(12)2-4/h1-2,5,11-13H,3,10H2/t5-/m1/s1. The van der Waals surface area contributed by atoms with Crippen LogP contribution in [0.15, 0.2) is 12.1 Å². The lowest BCUT2D eigenvalue weighted by atomic mass is 10.1. The molecule has 0 bridgehead atoms. The van der Waals surface area contributed by atoms with Crippen molar-refractivity contribution < 1.29 is 19.7 Å². The van der Waals surface area contributed by atoms with E-state index in [2.05, 4.69) is 0 Å². The zero-order valence-electron chi connectivity index (χ0n) is 6.74. The molecule has 0 saturated heterocycles. The van der Waals surface area contributed by atoms with E-state index in [9.17, 15) is 4.39 Å². The topological polar surface area (TPSA) is 86.7 Å². The van der Waals surface area contributed by atoms with Crippen LogP contribution in [0.2, 0.25) is 0 Å². The summed E-state index contributed by atoms with van der Waals surface area (Å²) in [6.45, 7) is -0.802. The number of hydrogen-bond donors (Lipinski definition) is 4. The lowest BCUT2D eigenvalue weighted by Gasteiger charge is -2.09. The van der Waals surface area contributed by atoms with E-state index in [1.165, 1.54) is 0 Å². The van der Waals surface area contributed by atoms with Crippen molar-refractivity contribution in [1.82, 2.24) is 0 Å². The highest BCUT2D eigenvalue weighted by atomic mass is 19.1. The number of aromatic hydroxyl groups is 3. The van der Waals surface area contributed by atoms with Gasteiger partial charge in [-0.1, -0.05) is 0 Å². The molecule has 1 aromatic rings. The van der Waals surface area contributed by atoms with Crippen molar-refractivity contribution in [3.8, 4) is 17.2 Å². The molecule has 0 heterocycles. The Morgan fingerprint density at radius 2 is 1.69 bits per heavy atom. The SMILES string of the molecule is N[C@H](CF)c1cc(O)c(O)c(O)c1. The van der Waals surface area contributed by atoms with E-state index in [4.69, 9.17) is 21.1 Å². The Bertz CT molecular complexity index is 293. The molecule has 0 aliphatic heterocycles. The molecule has 1 rings (SSSR count). The maximum atomic E-state index is 12.1. The second kappa shape index (κ2) is 3.49. The van der Waals surface area contributed by atoms with Gasteiger partial charge in [-0.05, 0) is 17.7 Å². The molecule has 4 nitrogen and oxygen atoms in total. The molecular weight excluding hydrogens is 177 g/mol. The van der Waals surface area contributed by atoms with Gasteiger partial charge >= 0.3 is 0 Å². The monoisotopic (exact) mass is 187 g/mol. The van der Waals surface area contributed by atoms with Crippen LogP contribution < -0.4 is 5.73 Å². The van der Waals surface area contributed by atoms with Crippen molar-refractivity contribution in [1.29, 1.82) is 0 Å². The Labute approximate surface area is 74.0 Å². The highest BCUT2D eigenvalue weighted by Crippen LogP contribution is 2.36. The van der Waals surface area contributed by atoms with Crippen LogP contribution >= 0.6 is 0 Å². The van der Waals surface area contributed by atoms with Gasteiger partial charge in [0.25, 0.3) is 0 Å². The summed E-state index contributed by atoms with van der Waals surface area (Å²) in [6.07, 6.45) is 0. The quantitative estimate of drug-likeness (QED) is 0.515. The van der Waals surface area contributed by atoms with Gasteiger partial charge in [0.15, 0.2) is 17.2 Å². The fraction of sp³-hybridized carbons (Fsp3) is 0.250. The van der Waals surface area contributed by atoms with Crippen molar-refractivity contribution in [3.63, 3.8) is 0 Å².